The lowest BCUT2D eigenvalue weighted by Crippen LogP contribution is -2.35. The van der Waals surface area contributed by atoms with Crippen molar-refractivity contribution in [3.05, 3.63) is 35.4 Å². The molecule has 1 unspecified atom stereocenters. The molecule has 0 fully saturated rings. The molecule has 0 bridgehead atoms. The second-order valence-electron chi connectivity index (χ2n) is 6.89. The maximum atomic E-state index is 12.1. The first-order valence-corrected chi connectivity index (χ1v) is 8.12. The van der Waals surface area contributed by atoms with Crippen LogP contribution in [0.4, 0.5) is 0 Å². The Morgan fingerprint density at radius 1 is 1.25 bits per heavy atom. The molecular weight excluding hydrogens is 270 g/mol. The van der Waals surface area contributed by atoms with E-state index in [-0.39, 0.29) is 22.8 Å². The second-order valence-corrected chi connectivity index (χ2v) is 8.89. The normalized spacial score (nSPS) is 15.9. The Hall–Kier alpha value is -0.710. The van der Waals surface area contributed by atoms with Crippen LogP contribution in [0.15, 0.2) is 24.3 Å². The first-order chi connectivity index (χ1) is 9.08. The van der Waals surface area contributed by atoms with Gasteiger partial charge in [-0.1, -0.05) is 38.1 Å². The lowest BCUT2D eigenvalue weighted by atomic mass is 9.84. The molecule has 0 saturated carbocycles. The van der Waals surface area contributed by atoms with Crippen molar-refractivity contribution < 1.29 is 9.32 Å². The lowest BCUT2D eigenvalue weighted by Gasteiger charge is -2.25. The van der Waals surface area contributed by atoms with Crippen molar-refractivity contribution in [1.82, 2.24) is 4.72 Å². The summed E-state index contributed by atoms with van der Waals surface area (Å²) in [4.78, 5) is 0. The van der Waals surface area contributed by atoms with Crippen LogP contribution in [-0.4, -0.2) is 20.7 Å². The Morgan fingerprint density at radius 2 is 1.85 bits per heavy atom. The SMILES string of the molecule is C[C@@H](NS(=O)C(C)(C)C)c1cccc(C(C)(C)CO)c1. The van der Waals surface area contributed by atoms with Crippen LogP contribution in [0.3, 0.4) is 0 Å². The fraction of sp³-hybridized carbons (Fsp3) is 0.625. The molecule has 0 radical (unpaired) electrons. The first kappa shape index (κ1) is 17.3. The topological polar surface area (TPSA) is 49.3 Å². The third kappa shape index (κ3) is 4.40. The number of hydrogen-bond acceptors (Lipinski definition) is 2. The van der Waals surface area contributed by atoms with E-state index in [0.29, 0.717) is 0 Å². The monoisotopic (exact) mass is 297 g/mol. The smallest absolute Gasteiger partial charge is 0.0975 e. The van der Waals surface area contributed by atoms with Crippen LogP contribution in [0.1, 0.15) is 58.7 Å². The van der Waals surface area contributed by atoms with Crippen molar-refractivity contribution in [2.24, 2.45) is 0 Å². The van der Waals surface area contributed by atoms with Gasteiger partial charge in [0.1, 0.15) is 0 Å². The van der Waals surface area contributed by atoms with Crippen LogP contribution >= 0.6 is 0 Å². The summed E-state index contributed by atoms with van der Waals surface area (Å²) in [6, 6.07) is 8.11. The third-order valence-corrected chi connectivity index (χ3v) is 5.08. The largest absolute Gasteiger partial charge is 0.395 e. The van der Waals surface area contributed by atoms with Gasteiger partial charge in [-0.2, -0.15) is 0 Å². The molecule has 0 amide bonds. The van der Waals surface area contributed by atoms with E-state index in [9.17, 15) is 9.32 Å². The van der Waals surface area contributed by atoms with E-state index in [4.69, 9.17) is 0 Å². The highest BCUT2D eigenvalue weighted by molar-refractivity contribution is 7.84. The standard InChI is InChI=1S/C16H27NO2S/c1-12(17-20(19)15(2,3)4)13-8-7-9-14(10-13)16(5,6)11-18/h7-10,12,17-18H,11H2,1-6H3/t12-,20?/m1/s1. The summed E-state index contributed by atoms with van der Waals surface area (Å²) in [7, 11) is -1.10. The summed E-state index contributed by atoms with van der Waals surface area (Å²) >= 11 is 0. The van der Waals surface area contributed by atoms with Gasteiger partial charge in [-0.3, -0.25) is 0 Å². The average Bonchev–Trinajstić information content (AvgIpc) is 2.37. The molecule has 1 aromatic carbocycles. The number of aliphatic hydroxyl groups excluding tert-OH is 1. The van der Waals surface area contributed by atoms with E-state index < -0.39 is 11.0 Å². The fourth-order valence-corrected chi connectivity index (χ4v) is 2.54. The number of aliphatic hydroxyl groups is 1. The second kappa shape index (κ2) is 6.37. The minimum absolute atomic E-state index is 0.00417. The molecular formula is C16H27NO2S. The zero-order chi connectivity index (χ0) is 15.6. The molecule has 0 aliphatic heterocycles. The van der Waals surface area contributed by atoms with Crippen LogP contribution in [0, 0.1) is 0 Å². The van der Waals surface area contributed by atoms with Crippen molar-refractivity contribution in [3.63, 3.8) is 0 Å². The van der Waals surface area contributed by atoms with E-state index >= 15 is 0 Å². The number of nitrogens with one attached hydrogen (secondary N) is 1. The van der Waals surface area contributed by atoms with Crippen LogP contribution in [0.5, 0.6) is 0 Å². The van der Waals surface area contributed by atoms with Gasteiger partial charge in [-0.25, -0.2) is 8.93 Å². The fourth-order valence-electron chi connectivity index (χ4n) is 1.73. The minimum Gasteiger partial charge on any atom is -0.395 e. The van der Waals surface area contributed by atoms with E-state index in [2.05, 4.69) is 10.8 Å². The quantitative estimate of drug-likeness (QED) is 0.877. The molecule has 1 aromatic rings. The van der Waals surface area contributed by atoms with Crippen molar-refractivity contribution in [1.29, 1.82) is 0 Å². The van der Waals surface area contributed by atoms with Crippen molar-refractivity contribution in [2.75, 3.05) is 6.61 Å². The molecule has 0 heterocycles. The van der Waals surface area contributed by atoms with E-state index in [1.54, 1.807) is 0 Å². The third-order valence-electron chi connectivity index (χ3n) is 3.40. The highest BCUT2D eigenvalue weighted by Crippen LogP contribution is 2.26. The Morgan fingerprint density at radius 3 is 2.35 bits per heavy atom. The summed E-state index contributed by atoms with van der Waals surface area (Å²) in [6.45, 7) is 12.0. The molecule has 0 saturated heterocycles. The number of benzene rings is 1. The minimum atomic E-state index is -1.10. The molecule has 3 nitrogen and oxygen atoms in total. The highest BCUT2D eigenvalue weighted by Gasteiger charge is 2.23. The first-order valence-electron chi connectivity index (χ1n) is 6.97. The lowest BCUT2D eigenvalue weighted by molar-refractivity contribution is 0.218. The Labute approximate surface area is 125 Å². The summed E-state index contributed by atoms with van der Waals surface area (Å²) in [5, 5.41) is 9.46. The van der Waals surface area contributed by atoms with Gasteiger partial charge in [0.15, 0.2) is 0 Å². The van der Waals surface area contributed by atoms with Gasteiger partial charge in [0.2, 0.25) is 0 Å². The van der Waals surface area contributed by atoms with Crippen LogP contribution < -0.4 is 4.72 Å². The predicted molar refractivity (Wildman–Crippen MR) is 86.0 cm³/mol. The summed E-state index contributed by atoms with van der Waals surface area (Å²) in [6.07, 6.45) is 0. The molecule has 2 N–H and O–H groups in total. The van der Waals surface area contributed by atoms with E-state index in [1.165, 1.54) is 0 Å². The van der Waals surface area contributed by atoms with E-state index in [1.807, 2.05) is 59.7 Å². The molecule has 1 rings (SSSR count). The summed E-state index contributed by atoms with van der Waals surface area (Å²) < 4.78 is 15.0. The molecule has 20 heavy (non-hydrogen) atoms. The van der Waals surface area contributed by atoms with Crippen molar-refractivity contribution >= 4 is 11.0 Å². The maximum absolute atomic E-state index is 12.1. The summed E-state index contributed by atoms with van der Waals surface area (Å²) in [5.41, 5.74) is 1.91. The highest BCUT2D eigenvalue weighted by atomic mass is 32.2. The molecule has 0 aromatic heterocycles. The van der Waals surface area contributed by atoms with Crippen molar-refractivity contribution in [3.8, 4) is 0 Å². The van der Waals surface area contributed by atoms with Crippen LogP contribution in [0.25, 0.3) is 0 Å². The van der Waals surface area contributed by atoms with Gasteiger partial charge in [0, 0.05) is 11.5 Å². The van der Waals surface area contributed by atoms with Gasteiger partial charge in [0.25, 0.3) is 0 Å². The molecule has 4 heteroatoms. The predicted octanol–water partition coefficient (Wildman–Crippen LogP) is 3.07. The maximum Gasteiger partial charge on any atom is 0.0975 e. The Balaban J connectivity index is 2.93. The Kier molecular flexibility index (Phi) is 5.53. The van der Waals surface area contributed by atoms with Gasteiger partial charge < -0.3 is 5.11 Å². The zero-order valence-electron chi connectivity index (χ0n) is 13.4. The van der Waals surface area contributed by atoms with Gasteiger partial charge >= 0.3 is 0 Å². The molecule has 0 spiro atoms. The molecule has 0 aliphatic carbocycles. The average molecular weight is 297 g/mol. The Bertz CT molecular complexity index is 478. The molecule has 0 aliphatic rings. The van der Waals surface area contributed by atoms with Crippen molar-refractivity contribution in [2.45, 2.75) is 57.7 Å². The van der Waals surface area contributed by atoms with Crippen LogP contribution in [-0.2, 0) is 16.4 Å². The van der Waals surface area contributed by atoms with Gasteiger partial charge in [-0.05, 0) is 38.8 Å². The summed E-state index contributed by atoms with van der Waals surface area (Å²) in [5.74, 6) is 0. The number of rotatable bonds is 5. The number of hydrogen-bond donors (Lipinski definition) is 2. The molecule has 114 valence electrons. The van der Waals surface area contributed by atoms with E-state index in [0.717, 1.165) is 11.1 Å². The van der Waals surface area contributed by atoms with Gasteiger partial charge in [0.05, 0.1) is 22.3 Å². The van der Waals surface area contributed by atoms with Gasteiger partial charge in [-0.15, -0.1) is 0 Å². The molecule has 2 atom stereocenters. The zero-order valence-corrected chi connectivity index (χ0v) is 14.2. The van der Waals surface area contributed by atoms with Crippen LogP contribution in [0.2, 0.25) is 0 Å².